The van der Waals surface area contributed by atoms with E-state index in [1.54, 1.807) is 0 Å². The number of pyridine rings is 1. The number of piperazine rings is 1. The van der Waals surface area contributed by atoms with Gasteiger partial charge in [-0.3, -0.25) is 4.90 Å². The Morgan fingerprint density at radius 2 is 1.96 bits per heavy atom. The summed E-state index contributed by atoms with van der Waals surface area (Å²) in [5, 5.41) is 13.5. The summed E-state index contributed by atoms with van der Waals surface area (Å²) in [7, 11) is 0. The van der Waals surface area contributed by atoms with Gasteiger partial charge in [0.05, 0.1) is 17.8 Å². The molecule has 25 heavy (non-hydrogen) atoms. The first-order chi connectivity index (χ1) is 12.2. The molecule has 1 fully saturated rings. The number of nitriles is 1. The highest BCUT2D eigenvalue weighted by molar-refractivity contribution is 5.56. The van der Waals surface area contributed by atoms with Crippen molar-refractivity contribution in [1.82, 2.24) is 15.0 Å². The Morgan fingerprint density at radius 3 is 2.68 bits per heavy atom. The Morgan fingerprint density at radius 1 is 1.16 bits per heavy atom. The van der Waals surface area contributed by atoms with Crippen molar-refractivity contribution >= 4 is 5.82 Å². The quantitative estimate of drug-likeness (QED) is 0.857. The third-order valence-corrected chi connectivity index (χ3v) is 5.13. The highest BCUT2D eigenvalue weighted by Gasteiger charge is 2.23. The first kappa shape index (κ1) is 16.1. The van der Waals surface area contributed by atoms with Gasteiger partial charge in [-0.1, -0.05) is 5.16 Å². The normalized spacial score (nSPS) is 18.0. The molecule has 6 nitrogen and oxygen atoms in total. The van der Waals surface area contributed by atoms with E-state index in [4.69, 9.17) is 9.51 Å². The number of fused-ring (bicyclic) bond motifs is 1. The highest BCUT2D eigenvalue weighted by Crippen LogP contribution is 2.27. The molecule has 6 heteroatoms. The van der Waals surface area contributed by atoms with Crippen LogP contribution in [0.25, 0.3) is 0 Å². The predicted molar refractivity (Wildman–Crippen MR) is 94.3 cm³/mol. The van der Waals surface area contributed by atoms with Crippen LogP contribution in [-0.2, 0) is 19.4 Å². The lowest BCUT2D eigenvalue weighted by molar-refractivity contribution is 0.219. The molecule has 0 amide bonds. The maximum Gasteiger partial charge on any atom is 0.150 e. The summed E-state index contributed by atoms with van der Waals surface area (Å²) in [6.45, 7) is 6.36. The highest BCUT2D eigenvalue weighted by atomic mass is 16.5. The minimum Gasteiger partial charge on any atom is -0.360 e. The second-order valence-corrected chi connectivity index (χ2v) is 6.98. The topological polar surface area (TPSA) is 69.2 Å². The molecule has 0 spiro atoms. The van der Waals surface area contributed by atoms with Crippen LogP contribution in [0.1, 0.15) is 41.1 Å². The summed E-state index contributed by atoms with van der Waals surface area (Å²) in [6, 6.07) is 6.42. The van der Waals surface area contributed by atoms with Gasteiger partial charge in [-0.2, -0.15) is 5.26 Å². The zero-order chi connectivity index (χ0) is 17.2. The molecule has 0 aromatic carbocycles. The molecule has 0 saturated carbocycles. The molecule has 1 aliphatic carbocycles. The first-order valence-electron chi connectivity index (χ1n) is 9.05. The van der Waals surface area contributed by atoms with Crippen molar-refractivity contribution in [3.8, 4) is 6.07 Å². The van der Waals surface area contributed by atoms with E-state index in [1.807, 2.05) is 13.0 Å². The molecule has 0 N–H and O–H groups in total. The largest absolute Gasteiger partial charge is 0.360 e. The standard InChI is InChI=1S/C19H23N5O/c1-14-10-17(25-22-14)13-23-6-8-24(9-7-23)19-16(12-20)11-15-4-2-3-5-18(15)21-19/h10-11H,2-9,13H2,1H3. The summed E-state index contributed by atoms with van der Waals surface area (Å²) >= 11 is 0. The van der Waals surface area contributed by atoms with Gasteiger partial charge in [-0.05, 0) is 44.2 Å². The van der Waals surface area contributed by atoms with Crippen LogP contribution in [0.5, 0.6) is 0 Å². The molecular weight excluding hydrogens is 314 g/mol. The molecule has 2 aliphatic rings. The van der Waals surface area contributed by atoms with Gasteiger partial charge in [0.1, 0.15) is 11.9 Å². The lowest BCUT2D eigenvalue weighted by Crippen LogP contribution is -2.46. The van der Waals surface area contributed by atoms with E-state index < -0.39 is 0 Å². The molecular formula is C19H23N5O. The van der Waals surface area contributed by atoms with E-state index in [-0.39, 0.29) is 0 Å². The van der Waals surface area contributed by atoms with Crippen molar-refractivity contribution < 1.29 is 4.52 Å². The zero-order valence-corrected chi connectivity index (χ0v) is 14.7. The summed E-state index contributed by atoms with van der Waals surface area (Å²) in [5.41, 5.74) is 4.11. The van der Waals surface area contributed by atoms with Crippen LogP contribution in [0.3, 0.4) is 0 Å². The van der Waals surface area contributed by atoms with Gasteiger partial charge in [0.25, 0.3) is 0 Å². The fraction of sp³-hybridized carbons (Fsp3) is 0.526. The average Bonchev–Trinajstić information content (AvgIpc) is 3.06. The number of aromatic nitrogens is 2. The Bertz CT molecular complexity index is 799. The monoisotopic (exact) mass is 337 g/mol. The number of nitrogens with zero attached hydrogens (tertiary/aromatic N) is 5. The minimum atomic E-state index is 0.722. The van der Waals surface area contributed by atoms with Crippen LogP contribution in [0.2, 0.25) is 0 Å². The second kappa shape index (κ2) is 6.85. The van der Waals surface area contributed by atoms with Crippen molar-refractivity contribution in [1.29, 1.82) is 5.26 Å². The molecule has 4 rings (SSSR count). The fourth-order valence-corrected chi connectivity index (χ4v) is 3.78. The Hall–Kier alpha value is -2.39. The third-order valence-electron chi connectivity index (χ3n) is 5.13. The Kier molecular flexibility index (Phi) is 4.41. The van der Waals surface area contributed by atoms with Crippen molar-refractivity contribution in [2.24, 2.45) is 0 Å². The van der Waals surface area contributed by atoms with Gasteiger partial charge in [0.15, 0.2) is 5.76 Å². The molecule has 2 aromatic rings. The molecule has 130 valence electrons. The van der Waals surface area contributed by atoms with E-state index in [0.717, 1.165) is 68.4 Å². The molecule has 1 aliphatic heterocycles. The van der Waals surface area contributed by atoms with Crippen molar-refractivity contribution in [2.45, 2.75) is 39.2 Å². The van der Waals surface area contributed by atoms with Gasteiger partial charge in [-0.25, -0.2) is 4.98 Å². The van der Waals surface area contributed by atoms with Gasteiger partial charge in [0, 0.05) is 37.9 Å². The van der Waals surface area contributed by atoms with Crippen LogP contribution in [0.4, 0.5) is 5.82 Å². The lowest BCUT2D eigenvalue weighted by Gasteiger charge is -2.35. The van der Waals surface area contributed by atoms with Crippen LogP contribution in [0.15, 0.2) is 16.7 Å². The Balaban J connectivity index is 1.46. The fourth-order valence-electron chi connectivity index (χ4n) is 3.78. The number of aryl methyl sites for hydroxylation is 3. The lowest BCUT2D eigenvalue weighted by atomic mass is 9.95. The molecule has 3 heterocycles. The van der Waals surface area contributed by atoms with Gasteiger partial charge >= 0.3 is 0 Å². The van der Waals surface area contributed by atoms with Gasteiger partial charge < -0.3 is 9.42 Å². The van der Waals surface area contributed by atoms with Gasteiger partial charge in [0.2, 0.25) is 0 Å². The van der Waals surface area contributed by atoms with Gasteiger partial charge in [-0.15, -0.1) is 0 Å². The summed E-state index contributed by atoms with van der Waals surface area (Å²) in [6.07, 6.45) is 4.51. The van der Waals surface area contributed by atoms with E-state index in [2.05, 4.69) is 27.1 Å². The minimum absolute atomic E-state index is 0.722. The molecule has 0 atom stereocenters. The van der Waals surface area contributed by atoms with Crippen molar-refractivity contribution in [3.63, 3.8) is 0 Å². The smallest absolute Gasteiger partial charge is 0.150 e. The molecule has 1 saturated heterocycles. The van der Waals surface area contributed by atoms with Crippen LogP contribution in [0, 0.1) is 18.3 Å². The van der Waals surface area contributed by atoms with E-state index in [9.17, 15) is 5.26 Å². The molecule has 0 unspecified atom stereocenters. The second-order valence-electron chi connectivity index (χ2n) is 6.98. The molecule has 2 aromatic heterocycles. The summed E-state index contributed by atoms with van der Waals surface area (Å²) < 4.78 is 5.32. The third kappa shape index (κ3) is 3.38. The van der Waals surface area contributed by atoms with E-state index in [1.165, 1.54) is 24.1 Å². The SMILES string of the molecule is Cc1cc(CN2CCN(c3nc4c(cc3C#N)CCCC4)CC2)on1. The van der Waals surface area contributed by atoms with Crippen molar-refractivity contribution in [2.75, 3.05) is 31.1 Å². The maximum absolute atomic E-state index is 9.55. The number of hydrogen-bond acceptors (Lipinski definition) is 6. The number of rotatable bonds is 3. The van der Waals surface area contributed by atoms with E-state index in [0.29, 0.717) is 0 Å². The number of hydrogen-bond donors (Lipinski definition) is 0. The average molecular weight is 337 g/mol. The Labute approximate surface area is 148 Å². The maximum atomic E-state index is 9.55. The van der Waals surface area contributed by atoms with Crippen LogP contribution < -0.4 is 4.90 Å². The summed E-state index contributed by atoms with van der Waals surface area (Å²) in [5.74, 6) is 1.79. The van der Waals surface area contributed by atoms with Crippen LogP contribution in [-0.4, -0.2) is 41.2 Å². The molecule has 0 radical (unpaired) electrons. The van der Waals surface area contributed by atoms with Crippen molar-refractivity contribution in [3.05, 3.63) is 40.4 Å². The molecule has 0 bridgehead atoms. The zero-order valence-electron chi connectivity index (χ0n) is 14.7. The first-order valence-corrected chi connectivity index (χ1v) is 9.05. The summed E-state index contributed by atoms with van der Waals surface area (Å²) in [4.78, 5) is 9.50. The van der Waals surface area contributed by atoms with E-state index >= 15 is 0 Å². The predicted octanol–water partition coefficient (Wildman–Crippen LogP) is 2.45. The van der Waals surface area contributed by atoms with Crippen LogP contribution >= 0.6 is 0 Å². The number of anilines is 1.